The van der Waals surface area contributed by atoms with Gasteiger partial charge in [-0.05, 0) is 55.5 Å². The lowest BCUT2D eigenvalue weighted by atomic mass is 10.0. The third-order valence-electron chi connectivity index (χ3n) is 4.17. The number of methoxy groups -OCH3 is 1. The highest BCUT2D eigenvalue weighted by Crippen LogP contribution is 2.26. The molecule has 0 spiro atoms. The average Bonchev–Trinajstić information content (AvgIpc) is 3.07. The molecular weight excluding hydrogens is 344 g/mol. The van der Waals surface area contributed by atoms with Crippen LogP contribution in [0.15, 0.2) is 42.5 Å². The van der Waals surface area contributed by atoms with Crippen LogP contribution in [0.25, 0.3) is 5.69 Å². The van der Waals surface area contributed by atoms with Crippen molar-refractivity contribution in [1.29, 1.82) is 0 Å². The Morgan fingerprint density at radius 2 is 2.00 bits per heavy atom. The van der Waals surface area contributed by atoms with E-state index in [1.807, 2.05) is 51.1 Å². The summed E-state index contributed by atoms with van der Waals surface area (Å²) in [5.74, 6) is 1.40. The first-order valence-corrected chi connectivity index (χ1v) is 8.55. The van der Waals surface area contributed by atoms with Crippen molar-refractivity contribution in [3.63, 3.8) is 0 Å². The van der Waals surface area contributed by atoms with Gasteiger partial charge in [0.25, 0.3) is 0 Å². The van der Waals surface area contributed by atoms with Crippen LogP contribution in [0.2, 0.25) is 0 Å². The number of nitrogens with one attached hydrogen (secondary N) is 2. The number of carbonyl (C=O) groups is 1. The molecule has 27 heavy (non-hydrogen) atoms. The molecule has 1 heterocycles. The number of rotatable bonds is 5. The van der Waals surface area contributed by atoms with Gasteiger partial charge >= 0.3 is 6.03 Å². The molecular formula is C19H22N6O2. The van der Waals surface area contributed by atoms with E-state index >= 15 is 0 Å². The Morgan fingerprint density at radius 1 is 1.19 bits per heavy atom. The van der Waals surface area contributed by atoms with E-state index in [0.29, 0.717) is 11.5 Å². The van der Waals surface area contributed by atoms with Crippen LogP contribution < -0.4 is 15.4 Å². The highest BCUT2D eigenvalue weighted by atomic mass is 16.5. The van der Waals surface area contributed by atoms with E-state index < -0.39 is 0 Å². The van der Waals surface area contributed by atoms with E-state index in [4.69, 9.17) is 4.74 Å². The van der Waals surface area contributed by atoms with Gasteiger partial charge in [0, 0.05) is 11.3 Å². The first-order valence-electron chi connectivity index (χ1n) is 8.55. The lowest BCUT2D eigenvalue weighted by Gasteiger charge is -2.18. The van der Waals surface area contributed by atoms with Gasteiger partial charge in [-0.3, -0.25) is 0 Å². The summed E-state index contributed by atoms with van der Waals surface area (Å²) >= 11 is 0. The second-order valence-corrected chi connectivity index (χ2v) is 6.25. The summed E-state index contributed by atoms with van der Waals surface area (Å²) in [5.41, 5.74) is 3.43. The normalized spacial score (nSPS) is 11.7. The fourth-order valence-corrected chi connectivity index (χ4v) is 2.82. The molecule has 0 saturated heterocycles. The van der Waals surface area contributed by atoms with Gasteiger partial charge in [-0.2, -0.15) is 4.68 Å². The number of tetrazole rings is 1. The third kappa shape index (κ3) is 4.22. The van der Waals surface area contributed by atoms with Gasteiger partial charge < -0.3 is 15.4 Å². The Balaban J connectivity index is 1.71. The van der Waals surface area contributed by atoms with Gasteiger partial charge in [-0.1, -0.05) is 23.8 Å². The molecule has 8 nitrogen and oxygen atoms in total. The molecule has 2 N–H and O–H groups in total. The number of nitrogens with zero attached hydrogens (tertiary/aromatic N) is 4. The summed E-state index contributed by atoms with van der Waals surface area (Å²) in [6, 6.07) is 12.7. The monoisotopic (exact) mass is 366 g/mol. The van der Waals surface area contributed by atoms with Crippen molar-refractivity contribution in [1.82, 2.24) is 25.5 Å². The minimum Gasteiger partial charge on any atom is -0.496 e. The van der Waals surface area contributed by atoms with E-state index in [9.17, 15) is 4.79 Å². The molecule has 0 aliphatic carbocycles. The Labute approximate surface area is 157 Å². The van der Waals surface area contributed by atoms with E-state index in [-0.39, 0.29) is 12.1 Å². The molecule has 2 aromatic carbocycles. The van der Waals surface area contributed by atoms with Crippen LogP contribution in [0.5, 0.6) is 5.75 Å². The molecule has 1 unspecified atom stereocenters. The van der Waals surface area contributed by atoms with Crippen LogP contribution in [0.1, 0.15) is 29.9 Å². The van der Waals surface area contributed by atoms with E-state index in [2.05, 4.69) is 26.2 Å². The summed E-state index contributed by atoms with van der Waals surface area (Å²) in [6.07, 6.45) is 0. The average molecular weight is 366 g/mol. The highest BCUT2D eigenvalue weighted by Gasteiger charge is 2.15. The van der Waals surface area contributed by atoms with E-state index in [0.717, 1.165) is 22.6 Å². The standard InChI is InChI=1S/C19H22N6O2/c1-12-8-9-18(27-4)17(10-12)13(2)20-19(26)21-15-6-5-7-16(11-15)25-14(3)22-23-24-25/h5-11,13H,1-4H3,(H2,20,21,26). The molecule has 140 valence electrons. The van der Waals surface area contributed by atoms with Gasteiger partial charge in [-0.25, -0.2) is 4.79 Å². The topological polar surface area (TPSA) is 94.0 Å². The molecule has 3 rings (SSSR count). The van der Waals surface area contributed by atoms with Gasteiger partial charge in [0.15, 0.2) is 5.82 Å². The maximum absolute atomic E-state index is 12.4. The highest BCUT2D eigenvalue weighted by molar-refractivity contribution is 5.89. The smallest absolute Gasteiger partial charge is 0.319 e. The molecule has 1 aromatic heterocycles. The van der Waals surface area contributed by atoms with Crippen LogP contribution in [-0.4, -0.2) is 33.3 Å². The van der Waals surface area contributed by atoms with Crippen molar-refractivity contribution in [3.8, 4) is 11.4 Å². The molecule has 3 aromatic rings. The van der Waals surface area contributed by atoms with Crippen LogP contribution in [0.4, 0.5) is 10.5 Å². The summed E-state index contributed by atoms with van der Waals surface area (Å²) in [4.78, 5) is 12.4. The maximum atomic E-state index is 12.4. The fourth-order valence-electron chi connectivity index (χ4n) is 2.82. The first-order chi connectivity index (χ1) is 13.0. The van der Waals surface area contributed by atoms with Crippen LogP contribution >= 0.6 is 0 Å². The molecule has 1 atom stereocenters. The van der Waals surface area contributed by atoms with Gasteiger partial charge in [0.05, 0.1) is 18.8 Å². The number of amides is 2. The molecule has 0 aliphatic rings. The van der Waals surface area contributed by atoms with E-state index in [1.54, 1.807) is 23.9 Å². The SMILES string of the molecule is COc1ccc(C)cc1C(C)NC(=O)Nc1cccc(-n2nnnc2C)c1. The van der Waals surface area contributed by atoms with Crippen LogP contribution in [0.3, 0.4) is 0 Å². The third-order valence-corrected chi connectivity index (χ3v) is 4.17. The lowest BCUT2D eigenvalue weighted by molar-refractivity contribution is 0.249. The fraction of sp³-hybridized carbons (Fsp3) is 0.263. The zero-order valence-electron chi connectivity index (χ0n) is 15.7. The van der Waals surface area contributed by atoms with Gasteiger partial charge in [0.2, 0.25) is 0 Å². The summed E-state index contributed by atoms with van der Waals surface area (Å²) < 4.78 is 7.00. The van der Waals surface area contributed by atoms with Gasteiger partial charge in [0.1, 0.15) is 5.75 Å². The molecule has 8 heteroatoms. The van der Waals surface area contributed by atoms with Crippen LogP contribution in [0, 0.1) is 13.8 Å². The van der Waals surface area contributed by atoms with Crippen molar-refractivity contribution in [2.75, 3.05) is 12.4 Å². The van der Waals surface area contributed by atoms with Crippen LogP contribution in [-0.2, 0) is 0 Å². The first kappa shape index (κ1) is 18.4. The number of hydrogen-bond acceptors (Lipinski definition) is 5. The quantitative estimate of drug-likeness (QED) is 0.723. The number of carbonyl (C=O) groups excluding carboxylic acids is 1. The number of benzene rings is 2. The second-order valence-electron chi connectivity index (χ2n) is 6.25. The predicted molar refractivity (Wildman–Crippen MR) is 102 cm³/mol. The number of anilines is 1. The molecule has 0 fully saturated rings. The molecule has 0 saturated carbocycles. The van der Waals surface area contributed by atoms with Crippen molar-refractivity contribution >= 4 is 11.7 Å². The van der Waals surface area contributed by atoms with Crippen molar-refractivity contribution < 1.29 is 9.53 Å². The number of aromatic nitrogens is 4. The Hall–Kier alpha value is -3.42. The number of hydrogen-bond donors (Lipinski definition) is 2. The molecule has 0 aliphatic heterocycles. The summed E-state index contributed by atoms with van der Waals surface area (Å²) in [6.45, 7) is 5.73. The zero-order valence-corrected chi connectivity index (χ0v) is 15.7. The van der Waals surface area contributed by atoms with Crippen molar-refractivity contribution in [2.45, 2.75) is 26.8 Å². The van der Waals surface area contributed by atoms with Crippen molar-refractivity contribution in [2.24, 2.45) is 0 Å². The molecule has 0 bridgehead atoms. The maximum Gasteiger partial charge on any atom is 0.319 e. The summed E-state index contributed by atoms with van der Waals surface area (Å²) in [5, 5.41) is 17.2. The Morgan fingerprint density at radius 3 is 2.70 bits per heavy atom. The van der Waals surface area contributed by atoms with Crippen molar-refractivity contribution in [3.05, 3.63) is 59.4 Å². The number of ether oxygens (including phenoxy) is 1. The second kappa shape index (κ2) is 7.86. The summed E-state index contributed by atoms with van der Waals surface area (Å²) in [7, 11) is 1.62. The largest absolute Gasteiger partial charge is 0.496 e. The number of urea groups is 1. The minimum absolute atomic E-state index is 0.218. The van der Waals surface area contributed by atoms with E-state index in [1.165, 1.54) is 0 Å². The number of aryl methyl sites for hydroxylation is 2. The lowest BCUT2D eigenvalue weighted by Crippen LogP contribution is -2.31. The zero-order chi connectivity index (χ0) is 19.4. The molecule has 2 amide bonds. The predicted octanol–water partition coefficient (Wildman–Crippen LogP) is 3.17. The minimum atomic E-state index is -0.309. The van der Waals surface area contributed by atoms with Gasteiger partial charge in [-0.15, -0.1) is 5.10 Å². The Kier molecular flexibility index (Phi) is 5.35. The Bertz CT molecular complexity index is 953. The molecule has 0 radical (unpaired) electrons.